The minimum Gasteiger partial charge on any atom is -0.460 e. The van der Waals surface area contributed by atoms with Crippen molar-refractivity contribution in [2.75, 3.05) is 6.61 Å². The van der Waals surface area contributed by atoms with Gasteiger partial charge in [-0.15, -0.1) is 0 Å². The minimum absolute atomic E-state index is 0.0381. The number of alkyl halides is 2. The van der Waals surface area contributed by atoms with Gasteiger partial charge in [0.25, 0.3) is 12.1 Å². The van der Waals surface area contributed by atoms with Gasteiger partial charge in [0.1, 0.15) is 5.02 Å². The molecule has 0 radical (unpaired) electrons. The number of hydrogen-bond donors (Lipinski definition) is 0. The highest BCUT2D eigenvalue weighted by molar-refractivity contribution is 6.34. The molecule has 0 aliphatic carbocycles. The van der Waals surface area contributed by atoms with E-state index in [1.54, 1.807) is 0 Å². The van der Waals surface area contributed by atoms with Crippen molar-refractivity contribution in [3.05, 3.63) is 32.5 Å². The predicted octanol–water partition coefficient (Wildman–Crippen LogP) is 2.76. The fourth-order valence-corrected chi connectivity index (χ4v) is 1.38. The Morgan fingerprint density at radius 1 is 1.67 bits per heavy atom. The molecule has 0 spiro atoms. The van der Waals surface area contributed by atoms with E-state index in [-0.39, 0.29) is 6.61 Å². The van der Waals surface area contributed by atoms with Crippen LogP contribution in [0.2, 0.25) is 5.02 Å². The van der Waals surface area contributed by atoms with Gasteiger partial charge in [-0.1, -0.05) is 11.6 Å². The van der Waals surface area contributed by atoms with Crippen LogP contribution in [0, 0.1) is 10.1 Å². The van der Waals surface area contributed by atoms with Gasteiger partial charge in [0.2, 0.25) is 0 Å². The molecular formula is C9H7ClF2N2O4. The van der Waals surface area contributed by atoms with E-state index in [9.17, 15) is 23.7 Å². The summed E-state index contributed by atoms with van der Waals surface area (Å²) in [5, 5.41) is 9.88. The lowest BCUT2D eigenvalue weighted by Crippen LogP contribution is -2.11. The number of carbonyl (C=O) groups excluding carboxylic acids is 1. The quantitative estimate of drug-likeness (QED) is 0.481. The molecule has 0 atom stereocenters. The Balaban J connectivity index is 3.40. The number of nitro groups is 1. The summed E-state index contributed by atoms with van der Waals surface area (Å²) in [6, 6.07) is 0.524. The average molecular weight is 281 g/mol. The number of nitrogens with zero attached hydrogens (tertiary/aromatic N) is 2. The molecule has 0 saturated carbocycles. The van der Waals surface area contributed by atoms with E-state index in [1.165, 1.54) is 6.92 Å². The van der Waals surface area contributed by atoms with Crippen molar-refractivity contribution in [2.24, 2.45) is 0 Å². The van der Waals surface area contributed by atoms with Crippen molar-refractivity contribution in [1.29, 1.82) is 0 Å². The first-order valence-electron chi connectivity index (χ1n) is 4.68. The lowest BCUT2D eigenvalue weighted by atomic mass is 10.2. The van der Waals surface area contributed by atoms with Gasteiger partial charge in [0.05, 0.1) is 6.61 Å². The molecule has 0 N–H and O–H groups in total. The molecule has 0 bridgehead atoms. The maximum Gasteiger partial charge on any atom is 0.384 e. The van der Waals surface area contributed by atoms with E-state index >= 15 is 0 Å². The Morgan fingerprint density at radius 3 is 2.72 bits per heavy atom. The van der Waals surface area contributed by atoms with Crippen LogP contribution in [0.25, 0.3) is 0 Å². The highest BCUT2D eigenvalue weighted by Crippen LogP contribution is 2.32. The van der Waals surface area contributed by atoms with Gasteiger partial charge in [-0.2, -0.15) is 0 Å². The predicted molar refractivity (Wildman–Crippen MR) is 56.8 cm³/mol. The number of halogens is 3. The maximum atomic E-state index is 12.6. The average Bonchev–Trinajstić information content (AvgIpc) is 2.28. The monoisotopic (exact) mass is 280 g/mol. The maximum absolute atomic E-state index is 12.6. The summed E-state index contributed by atoms with van der Waals surface area (Å²) in [6.07, 6.45) is -3.06. The summed E-state index contributed by atoms with van der Waals surface area (Å²) < 4.78 is 29.8. The molecule has 0 saturated heterocycles. The second kappa shape index (κ2) is 5.67. The highest BCUT2D eigenvalue weighted by atomic mass is 35.5. The Morgan fingerprint density at radius 2 is 2.28 bits per heavy atom. The second-order valence-corrected chi connectivity index (χ2v) is 3.39. The molecule has 0 aliphatic rings. The Bertz CT molecular complexity index is 496. The van der Waals surface area contributed by atoms with Crippen LogP contribution in [0.4, 0.5) is 14.6 Å². The van der Waals surface area contributed by atoms with Crippen LogP contribution in [0.1, 0.15) is 29.4 Å². The molecular weight excluding hydrogens is 274 g/mol. The van der Waals surface area contributed by atoms with E-state index in [1.807, 2.05) is 0 Å². The van der Waals surface area contributed by atoms with Gasteiger partial charge in [0.15, 0.2) is 0 Å². The first kappa shape index (κ1) is 14.2. The Labute approximate surface area is 105 Å². The van der Waals surface area contributed by atoms with Crippen molar-refractivity contribution in [3.8, 4) is 0 Å². The van der Waals surface area contributed by atoms with E-state index in [4.69, 9.17) is 11.6 Å². The number of hydrogen-bond acceptors (Lipinski definition) is 5. The minimum atomic E-state index is -3.06. The molecule has 0 amide bonds. The summed E-state index contributed by atoms with van der Waals surface area (Å²) in [4.78, 5) is 24.2. The van der Waals surface area contributed by atoms with Gasteiger partial charge >= 0.3 is 11.8 Å². The van der Waals surface area contributed by atoms with Gasteiger partial charge in [0, 0.05) is 11.6 Å². The lowest BCUT2D eigenvalue weighted by molar-refractivity contribution is -0.389. The largest absolute Gasteiger partial charge is 0.460 e. The van der Waals surface area contributed by atoms with Crippen LogP contribution in [0.3, 0.4) is 0 Å². The molecule has 0 aliphatic heterocycles. The van der Waals surface area contributed by atoms with Gasteiger partial charge in [-0.25, -0.2) is 13.6 Å². The molecule has 98 valence electrons. The number of carbonyl (C=O) groups is 1. The first-order chi connectivity index (χ1) is 8.38. The Kier molecular flexibility index (Phi) is 4.49. The number of rotatable bonds is 4. The molecule has 1 aromatic rings. The van der Waals surface area contributed by atoms with Crippen molar-refractivity contribution < 1.29 is 23.2 Å². The van der Waals surface area contributed by atoms with Gasteiger partial charge in [-0.05, 0) is 16.8 Å². The molecule has 9 heteroatoms. The molecule has 1 aromatic heterocycles. The van der Waals surface area contributed by atoms with Crippen LogP contribution >= 0.6 is 11.6 Å². The van der Waals surface area contributed by atoms with E-state index in [2.05, 4.69) is 9.72 Å². The van der Waals surface area contributed by atoms with Crippen molar-refractivity contribution in [1.82, 2.24) is 4.98 Å². The molecule has 1 rings (SSSR count). The van der Waals surface area contributed by atoms with E-state index < -0.39 is 39.4 Å². The standard InChI is InChI=1S/C9H7ClF2N2O4/c1-2-18-9(15)7-6(10)4(8(11)12)3-5(13-7)14(16)17/h3,8H,2H2,1H3. The SMILES string of the molecule is CCOC(=O)c1nc([N+](=O)[O-])cc(C(F)F)c1Cl. The summed E-state index contributed by atoms with van der Waals surface area (Å²) >= 11 is 5.55. The third kappa shape index (κ3) is 2.89. The summed E-state index contributed by atoms with van der Waals surface area (Å²) in [6.45, 7) is 1.45. The van der Waals surface area contributed by atoms with E-state index in [0.717, 1.165) is 0 Å². The fraction of sp³-hybridized carbons (Fsp3) is 0.333. The van der Waals surface area contributed by atoms with Crippen LogP contribution in [0.15, 0.2) is 6.07 Å². The smallest absolute Gasteiger partial charge is 0.384 e. The van der Waals surface area contributed by atoms with Crippen LogP contribution in [0.5, 0.6) is 0 Å². The van der Waals surface area contributed by atoms with Gasteiger partial charge in [-0.3, -0.25) is 0 Å². The van der Waals surface area contributed by atoms with Crippen molar-refractivity contribution in [3.63, 3.8) is 0 Å². The first-order valence-corrected chi connectivity index (χ1v) is 5.06. The third-order valence-electron chi connectivity index (χ3n) is 1.86. The van der Waals surface area contributed by atoms with E-state index in [0.29, 0.717) is 6.07 Å². The van der Waals surface area contributed by atoms with Gasteiger partial charge < -0.3 is 14.9 Å². The number of aromatic nitrogens is 1. The molecule has 6 nitrogen and oxygen atoms in total. The number of pyridine rings is 1. The molecule has 0 fully saturated rings. The van der Waals surface area contributed by atoms with Crippen molar-refractivity contribution >= 4 is 23.4 Å². The zero-order valence-electron chi connectivity index (χ0n) is 9.02. The summed E-state index contributed by atoms with van der Waals surface area (Å²) in [5.74, 6) is -1.98. The fourth-order valence-electron chi connectivity index (χ4n) is 1.12. The van der Waals surface area contributed by atoms with Crippen LogP contribution < -0.4 is 0 Å². The third-order valence-corrected chi connectivity index (χ3v) is 2.26. The lowest BCUT2D eigenvalue weighted by Gasteiger charge is -2.05. The molecule has 1 heterocycles. The second-order valence-electron chi connectivity index (χ2n) is 3.01. The van der Waals surface area contributed by atoms with Crippen LogP contribution in [-0.4, -0.2) is 22.5 Å². The number of ether oxygens (including phenoxy) is 1. The zero-order valence-corrected chi connectivity index (χ0v) is 9.78. The normalized spacial score (nSPS) is 10.5. The molecule has 0 aromatic carbocycles. The van der Waals surface area contributed by atoms with Crippen LogP contribution in [-0.2, 0) is 4.74 Å². The van der Waals surface area contributed by atoms with Crippen molar-refractivity contribution in [2.45, 2.75) is 13.3 Å². The topological polar surface area (TPSA) is 82.3 Å². The highest BCUT2D eigenvalue weighted by Gasteiger charge is 2.29. The number of esters is 1. The Hall–Kier alpha value is -1.83. The zero-order chi connectivity index (χ0) is 13.9. The molecule has 18 heavy (non-hydrogen) atoms. The molecule has 0 unspecified atom stereocenters. The summed E-state index contributed by atoms with van der Waals surface area (Å²) in [7, 11) is 0. The summed E-state index contributed by atoms with van der Waals surface area (Å²) in [5.41, 5.74) is -1.52.